The summed E-state index contributed by atoms with van der Waals surface area (Å²) >= 11 is 0. The second kappa shape index (κ2) is 17.6. The number of benzene rings is 2. The number of hydrogen-bond acceptors (Lipinski definition) is 10. The molecule has 4 rings (SSSR count). The largest absolute Gasteiger partial charge is 0.493 e. The van der Waals surface area contributed by atoms with Gasteiger partial charge in [0.05, 0.1) is 13.0 Å². The lowest BCUT2D eigenvalue weighted by Gasteiger charge is -2.19. The SMILES string of the molecule is CC(=O)O.CC(=O)O.COc1cc(C(Cc2ccc(C(=N)N)cc2)c2nn(-c3ncccn3)c(=O)[nH]2)c(F)cc1OCCN(C)C. The molecule has 0 radical (unpaired) electrons. The van der Waals surface area contributed by atoms with Crippen LogP contribution in [-0.4, -0.2) is 92.0 Å². The van der Waals surface area contributed by atoms with Gasteiger partial charge in [0.15, 0.2) is 11.5 Å². The van der Waals surface area contributed by atoms with Gasteiger partial charge in [-0.1, -0.05) is 24.3 Å². The van der Waals surface area contributed by atoms with Crippen molar-refractivity contribution in [3.63, 3.8) is 0 Å². The first-order valence-electron chi connectivity index (χ1n) is 13.7. The summed E-state index contributed by atoms with van der Waals surface area (Å²) in [5.74, 6) is -2.03. The predicted molar refractivity (Wildman–Crippen MR) is 166 cm³/mol. The number of methoxy groups -OCH3 is 1. The molecular formula is C30H37FN8O7. The topological polar surface area (TPSA) is 223 Å². The van der Waals surface area contributed by atoms with Gasteiger partial charge in [0, 0.05) is 50.0 Å². The highest BCUT2D eigenvalue weighted by atomic mass is 19.1. The lowest BCUT2D eigenvalue weighted by atomic mass is 9.90. The molecule has 0 aliphatic carbocycles. The molecule has 0 saturated heterocycles. The van der Waals surface area contributed by atoms with Crippen LogP contribution < -0.4 is 20.9 Å². The lowest BCUT2D eigenvalue weighted by Crippen LogP contribution is -2.19. The maximum absolute atomic E-state index is 15.6. The Morgan fingerprint density at radius 1 is 1.09 bits per heavy atom. The Bertz CT molecular complexity index is 1640. The third-order valence-electron chi connectivity index (χ3n) is 5.87. The maximum Gasteiger partial charge on any atom is 0.350 e. The van der Waals surface area contributed by atoms with Crippen LogP contribution in [0, 0.1) is 11.2 Å². The second-order valence-corrected chi connectivity index (χ2v) is 9.86. The van der Waals surface area contributed by atoms with E-state index in [2.05, 4.69) is 20.1 Å². The van der Waals surface area contributed by atoms with Crippen LogP contribution in [0.5, 0.6) is 11.5 Å². The van der Waals surface area contributed by atoms with Crippen molar-refractivity contribution in [2.24, 2.45) is 5.73 Å². The number of aromatic amines is 1. The van der Waals surface area contributed by atoms with Crippen LogP contribution in [0.3, 0.4) is 0 Å². The van der Waals surface area contributed by atoms with Crippen molar-refractivity contribution in [3.8, 4) is 17.4 Å². The Hall–Kier alpha value is -5.64. The number of halogens is 1. The quantitative estimate of drug-likeness (QED) is 0.118. The molecule has 246 valence electrons. The molecule has 2 aromatic heterocycles. The normalized spacial score (nSPS) is 10.9. The number of likely N-dealkylation sites (N-methyl/N-ethyl adjacent to an activating group) is 1. The van der Waals surface area contributed by atoms with Crippen LogP contribution in [0.4, 0.5) is 4.39 Å². The van der Waals surface area contributed by atoms with Crippen LogP contribution in [0.2, 0.25) is 0 Å². The van der Waals surface area contributed by atoms with Gasteiger partial charge in [-0.15, -0.1) is 9.78 Å². The fourth-order valence-electron chi connectivity index (χ4n) is 3.87. The Labute approximate surface area is 264 Å². The van der Waals surface area contributed by atoms with Gasteiger partial charge in [-0.3, -0.25) is 20.0 Å². The van der Waals surface area contributed by atoms with Crippen LogP contribution in [0.1, 0.15) is 42.3 Å². The average Bonchev–Trinajstić information content (AvgIpc) is 3.37. The molecule has 1 atom stereocenters. The summed E-state index contributed by atoms with van der Waals surface area (Å²) in [7, 11) is 5.31. The van der Waals surface area contributed by atoms with Gasteiger partial charge in [0.25, 0.3) is 17.9 Å². The molecule has 4 aromatic rings. The average molecular weight is 641 g/mol. The smallest absolute Gasteiger partial charge is 0.350 e. The molecule has 0 bridgehead atoms. The highest BCUT2D eigenvalue weighted by Crippen LogP contribution is 2.36. The number of ether oxygens (including phenoxy) is 2. The van der Waals surface area contributed by atoms with E-state index in [0.717, 1.165) is 24.1 Å². The highest BCUT2D eigenvalue weighted by Gasteiger charge is 2.26. The zero-order valence-electron chi connectivity index (χ0n) is 26.0. The fourth-order valence-corrected chi connectivity index (χ4v) is 3.87. The molecule has 0 spiro atoms. The number of nitrogens with one attached hydrogen (secondary N) is 2. The molecule has 2 heterocycles. The Kier molecular flexibility index (Phi) is 14.0. The number of carboxylic acids is 2. The number of aliphatic carboxylic acids is 2. The minimum absolute atomic E-state index is 0.0559. The molecule has 0 aliphatic rings. The number of nitrogens with zero attached hydrogens (tertiary/aromatic N) is 5. The summed E-state index contributed by atoms with van der Waals surface area (Å²) in [5, 5.41) is 26.9. The number of aromatic nitrogens is 5. The van der Waals surface area contributed by atoms with E-state index in [1.807, 2.05) is 19.0 Å². The first-order chi connectivity index (χ1) is 21.7. The monoisotopic (exact) mass is 640 g/mol. The Morgan fingerprint density at radius 2 is 1.67 bits per heavy atom. The predicted octanol–water partition coefficient (Wildman–Crippen LogP) is 2.28. The van der Waals surface area contributed by atoms with Crippen molar-refractivity contribution in [3.05, 3.63) is 93.7 Å². The van der Waals surface area contributed by atoms with Gasteiger partial charge < -0.3 is 30.3 Å². The number of rotatable bonds is 11. The molecule has 0 saturated carbocycles. The minimum atomic E-state index is -0.833. The second-order valence-electron chi connectivity index (χ2n) is 9.86. The first-order valence-corrected chi connectivity index (χ1v) is 13.7. The van der Waals surface area contributed by atoms with Crippen LogP contribution in [0.25, 0.3) is 5.95 Å². The third kappa shape index (κ3) is 11.5. The van der Waals surface area contributed by atoms with E-state index >= 15 is 4.39 Å². The van der Waals surface area contributed by atoms with Crippen molar-refractivity contribution in [1.82, 2.24) is 29.6 Å². The Balaban J connectivity index is 0.000000825. The molecule has 15 nitrogen and oxygen atoms in total. The molecular weight excluding hydrogens is 603 g/mol. The molecule has 0 amide bonds. The van der Waals surface area contributed by atoms with E-state index in [1.54, 1.807) is 36.4 Å². The number of carbonyl (C=O) groups is 2. The van der Waals surface area contributed by atoms with E-state index in [4.69, 9.17) is 40.4 Å². The summed E-state index contributed by atoms with van der Waals surface area (Å²) in [6.45, 7) is 3.16. The third-order valence-corrected chi connectivity index (χ3v) is 5.87. The number of nitrogens with two attached hydrogens (primary N) is 1. The van der Waals surface area contributed by atoms with Crippen molar-refractivity contribution >= 4 is 17.8 Å². The van der Waals surface area contributed by atoms with Gasteiger partial charge >= 0.3 is 5.69 Å². The standard InChI is InChI=1S/C26H29FN8O3.2C2H4O2/c1-34(2)11-12-38-22-15-20(27)18(14-21(22)37-3)19(13-16-5-7-17(8-6-16)23(28)29)24-32-26(36)35(33-24)25-30-9-4-10-31-25;2*1-2(3)4/h4-10,14-15,19H,11-13H2,1-3H3,(H3,28,29)(H,32,33,36);2*1H3,(H,3,4). The molecule has 0 fully saturated rings. The summed E-state index contributed by atoms with van der Waals surface area (Å²) in [6, 6.07) is 11.5. The minimum Gasteiger partial charge on any atom is -0.493 e. The highest BCUT2D eigenvalue weighted by molar-refractivity contribution is 5.94. The Morgan fingerprint density at radius 3 is 2.20 bits per heavy atom. The van der Waals surface area contributed by atoms with E-state index in [1.165, 1.54) is 25.6 Å². The van der Waals surface area contributed by atoms with E-state index in [0.29, 0.717) is 24.5 Å². The number of hydrogen-bond donors (Lipinski definition) is 5. The number of carboxylic acid groups (broad SMARTS) is 2. The molecule has 6 N–H and O–H groups in total. The number of nitrogen functional groups attached to an aromatic ring is 1. The van der Waals surface area contributed by atoms with Gasteiger partial charge in [-0.25, -0.2) is 19.2 Å². The van der Waals surface area contributed by atoms with Crippen molar-refractivity contribution in [2.45, 2.75) is 26.2 Å². The van der Waals surface area contributed by atoms with Crippen molar-refractivity contribution < 1.29 is 33.7 Å². The van der Waals surface area contributed by atoms with Gasteiger partial charge in [0.2, 0.25) is 0 Å². The van der Waals surface area contributed by atoms with E-state index in [-0.39, 0.29) is 35.3 Å². The lowest BCUT2D eigenvalue weighted by molar-refractivity contribution is -0.135. The fraction of sp³-hybridized carbons (Fsp3) is 0.300. The molecule has 16 heteroatoms. The van der Waals surface area contributed by atoms with Crippen LogP contribution in [0.15, 0.2) is 59.7 Å². The summed E-state index contributed by atoms with van der Waals surface area (Å²) in [4.78, 5) is 43.6. The maximum atomic E-state index is 15.6. The van der Waals surface area contributed by atoms with Crippen LogP contribution >= 0.6 is 0 Å². The van der Waals surface area contributed by atoms with Gasteiger partial charge in [-0.2, -0.15) is 0 Å². The number of H-pyrrole nitrogens is 1. The molecule has 0 aliphatic heterocycles. The van der Waals surface area contributed by atoms with Crippen LogP contribution in [-0.2, 0) is 16.0 Å². The molecule has 1 unspecified atom stereocenters. The number of amidine groups is 1. The van der Waals surface area contributed by atoms with E-state index < -0.39 is 29.4 Å². The van der Waals surface area contributed by atoms with E-state index in [9.17, 15) is 4.79 Å². The molecule has 46 heavy (non-hydrogen) atoms. The molecule has 2 aromatic carbocycles. The van der Waals surface area contributed by atoms with Crippen molar-refractivity contribution in [1.29, 1.82) is 5.41 Å². The van der Waals surface area contributed by atoms with Gasteiger partial charge in [-0.05, 0) is 38.2 Å². The summed E-state index contributed by atoms with van der Waals surface area (Å²) in [5.41, 5.74) is 6.66. The summed E-state index contributed by atoms with van der Waals surface area (Å²) in [6.07, 6.45) is 3.27. The first kappa shape index (κ1) is 36.6. The zero-order valence-corrected chi connectivity index (χ0v) is 26.0. The zero-order chi connectivity index (χ0) is 34.4. The van der Waals surface area contributed by atoms with Crippen molar-refractivity contribution in [2.75, 3.05) is 34.4 Å². The van der Waals surface area contributed by atoms with Gasteiger partial charge in [0.1, 0.15) is 24.1 Å². The summed E-state index contributed by atoms with van der Waals surface area (Å²) < 4.78 is 28.0.